The minimum atomic E-state index is -1.09. The molecule has 37 heavy (non-hydrogen) atoms. The minimum absolute atomic E-state index is 0.0165. The monoisotopic (exact) mass is 532 g/mol. The Morgan fingerprint density at radius 3 is 2.30 bits per heavy atom. The van der Waals surface area contributed by atoms with E-state index in [1.165, 1.54) is 24.9 Å². The van der Waals surface area contributed by atoms with Crippen molar-refractivity contribution < 1.29 is 33.2 Å². The molecule has 0 spiro atoms. The van der Waals surface area contributed by atoms with Gasteiger partial charge in [-0.3, -0.25) is 19.2 Å². The fraction of sp³-hybridized carbons (Fsp3) is 0.480. The van der Waals surface area contributed by atoms with E-state index in [4.69, 9.17) is 14.0 Å². The molecule has 0 saturated carbocycles. The Morgan fingerprint density at radius 1 is 1.08 bits per heavy atom. The highest BCUT2D eigenvalue weighted by Crippen LogP contribution is 2.29. The van der Waals surface area contributed by atoms with Crippen LogP contribution in [0.15, 0.2) is 40.9 Å². The second-order valence-electron chi connectivity index (χ2n) is 8.96. The van der Waals surface area contributed by atoms with E-state index in [0.717, 1.165) is 5.56 Å². The maximum atomic E-state index is 13.3. The molecule has 0 unspecified atom stereocenters. The Labute approximate surface area is 219 Å². The largest absolute Gasteiger partial charge is 0.382 e. The molecule has 3 rings (SSSR count). The molecule has 12 heteroatoms. The number of epoxide rings is 1. The fourth-order valence-electron chi connectivity index (χ4n) is 3.63. The number of Topliss-reactive ketones (excluding diaryl/α,β-unsaturated/α-hetero) is 1. The lowest BCUT2D eigenvalue weighted by molar-refractivity contribution is -0.133. The number of carbonyl (C=O) groups is 4. The summed E-state index contributed by atoms with van der Waals surface area (Å²) in [5, 5.41) is 11.7. The van der Waals surface area contributed by atoms with Crippen LogP contribution in [-0.2, 0) is 30.3 Å². The van der Waals surface area contributed by atoms with E-state index in [1.54, 1.807) is 20.1 Å². The SMILES string of the molecule is COC[C@H](NC(=O)c1cc(C)on1)C(=O)N[C@H](CSC)C(=O)N[C@@H](Cc1ccccc1)C(=O)[C@@]1(C)CO1. The van der Waals surface area contributed by atoms with E-state index < -0.39 is 41.4 Å². The first-order valence-electron chi connectivity index (χ1n) is 11.7. The number of ether oxygens (including phenoxy) is 2. The lowest BCUT2D eigenvalue weighted by Crippen LogP contribution is -2.58. The van der Waals surface area contributed by atoms with Gasteiger partial charge in [0.1, 0.15) is 23.4 Å². The molecule has 0 bridgehead atoms. The van der Waals surface area contributed by atoms with Crippen molar-refractivity contribution in [1.29, 1.82) is 0 Å². The molecule has 1 fully saturated rings. The van der Waals surface area contributed by atoms with Gasteiger partial charge in [0.15, 0.2) is 11.5 Å². The smallest absolute Gasteiger partial charge is 0.274 e. The van der Waals surface area contributed by atoms with E-state index in [1.807, 2.05) is 30.3 Å². The van der Waals surface area contributed by atoms with Gasteiger partial charge in [-0.15, -0.1) is 0 Å². The van der Waals surface area contributed by atoms with Crippen molar-refractivity contribution in [2.24, 2.45) is 0 Å². The zero-order valence-electron chi connectivity index (χ0n) is 21.2. The van der Waals surface area contributed by atoms with Crippen molar-refractivity contribution in [3.63, 3.8) is 0 Å². The number of aromatic nitrogens is 1. The first-order chi connectivity index (χ1) is 17.7. The Hall–Kier alpha value is -3.22. The third-order valence-corrected chi connectivity index (χ3v) is 6.46. The van der Waals surface area contributed by atoms with Crippen LogP contribution in [0.1, 0.15) is 28.7 Å². The third-order valence-electron chi connectivity index (χ3n) is 5.80. The molecule has 4 atom stereocenters. The van der Waals surface area contributed by atoms with Gasteiger partial charge in [-0.05, 0) is 32.1 Å². The summed E-state index contributed by atoms with van der Waals surface area (Å²) in [4.78, 5) is 51.9. The number of carbonyl (C=O) groups excluding carboxylic acids is 4. The maximum Gasteiger partial charge on any atom is 0.274 e. The topological polar surface area (TPSA) is 152 Å². The van der Waals surface area contributed by atoms with Crippen LogP contribution >= 0.6 is 11.8 Å². The number of nitrogens with one attached hydrogen (secondary N) is 3. The summed E-state index contributed by atoms with van der Waals surface area (Å²) in [5.41, 5.74) is -0.0390. The van der Waals surface area contributed by atoms with Gasteiger partial charge >= 0.3 is 0 Å². The Bertz CT molecular complexity index is 1100. The lowest BCUT2D eigenvalue weighted by Gasteiger charge is -2.25. The molecule has 1 aliphatic heterocycles. The number of rotatable bonds is 14. The molecule has 11 nitrogen and oxygen atoms in total. The Kier molecular flexibility index (Phi) is 9.84. The van der Waals surface area contributed by atoms with E-state index >= 15 is 0 Å². The van der Waals surface area contributed by atoms with Crippen LogP contribution in [0.5, 0.6) is 0 Å². The summed E-state index contributed by atoms with van der Waals surface area (Å²) in [5.74, 6) is -1.30. The minimum Gasteiger partial charge on any atom is -0.382 e. The quantitative estimate of drug-likeness (QED) is 0.298. The average Bonchev–Trinajstić information content (AvgIpc) is 3.48. The number of nitrogens with zero attached hydrogens (tertiary/aromatic N) is 1. The maximum absolute atomic E-state index is 13.3. The number of benzene rings is 1. The van der Waals surface area contributed by atoms with Gasteiger partial charge in [0.25, 0.3) is 5.91 Å². The first-order valence-corrected chi connectivity index (χ1v) is 13.1. The summed E-state index contributed by atoms with van der Waals surface area (Å²) in [6, 6.07) is 7.87. The van der Waals surface area contributed by atoms with Crippen LogP contribution in [0.4, 0.5) is 0 Å². The second-order valence-corrected chi connectivity index (χ2v) is 9.87. The van der Waals surface area contributed by atoms with Crippen LogP contribution in [0.25, 0.3) is 0 Å². The molecule has 2 aromatic rings. The van der Waals surface area contributed by atoms with Crippen LogP contribution in [0, 0.1) is 6.92 Å². The van der Waals surface area contributed by atoms with Crippen LogP contribution in [0.3, 0.4) is 0 Å². The predicted octanol–water partition coefficient (Wildman–Crippen LogP) is 0.661. The molecule has 2 heterocycles. The molecule has 0 aliphatic carbocycles. The number of amides is 3. The van der Waals surface area contributed by atoms with Crippen molar-refractivity contribution in [1.82, 2.24) is 21.1 Å². The van der Waals surface area contributed by atoms with Crippen molar-refractivity contribution in [2.75, 3.05) is 32.3 Å². The van der Waals surface area contributed by atoms with Gasteiger partial charge in [-0.25, -0.2) is 0 Å². The van der Waals surface area contributed by atoms with E-state index in [0.29, 0.717) is 12.4 Å². The van der Waals surface area contributed by atoms with E-state index in [9.17, 15) is 19.2 Å². The number of methoxy groups -OCH3 is 1. The Morgan fingerprint density at radius 2 is 1.73 bits per heavy atom. The van der Waals surface area contributed by atoms with Gasteiger partial charge < -0.3 is 29.9 Å². The van der Waals surface area contributed by atoms with Gasteiger partial charge in [-0.1, -0.05) is 35.5 Å². The summed E-state index contributed by atoms with van der Waals surface area (Å²) >= 11 is 1.35. The van der Waals surface area contributed by atoms with Crippen molar-refractivity contribution in [2.45, 2.75) is 44.0 Å². The highest BCUT2D eigenvalue weighted by molar-refractivity contribution is 7.98. The normalized spacial score (nSPS) is 18.8. The molecule has 1 saturated heterocycles. The number of hydrogen-bond donors (Lipinski definition) is 3. The van der Waals surface area contributed by atoms with Crippen molar-refractivity contribution >= 4 is 35.3 Å². The molecule has 0 radical (unpaired) electrons. The second kappa shape index (κ2) is 12.8. The van der Waals surface area contributed by atoms with Crippen LogP contribution < -0.4 is 16.0 Å². The first kappa shape index (κ1) is 28.4. The Balaban J connectivity index is 1.70. The van der Waals surface area contributed by atoms with Gasteiger partial charge in [0, 0.05) is 18.9 Å². The van der Waals surface area contributed by atoms with E-state index in [-0.39, 0.29) is 30.3 Å². The zero-order chi connectivity index (χ0) is 27.0. The van der Waals surface area contributed by atoms with Gasteiger partial charge in [0.05, 0.1) is 19.3 Å². The summed E-state index contributed by atoms with van der Waals surface area (Å²) in [6.45, 7) is 3.49. The molecular weight excluding hydrogens is 500 g/mol. The number of aryl methyl sites for hydroxylation is 1. The molecule has 3 N–H and O–H groups in total. The summed E-state index contributed by atoms with van der Waals surface area (Å²) < 4.78 is 15.3. The van der Waals surface area contributed by atoms with Crippen LogP contribution in [-0.4, -0.2) is 84.7 Å². The summed E-state index contributed by atoms with van der Waals surface area (Å²) in [7, 11) is 1.39. The van der Waals surface area contributed by atoms with Crippen LogP contribution in [0.2, 0.25) is 0 Å². The average molecular weight is 533 g/mol. The molecule has 3 amide bonds. The van der Waals surface area contributed by atoms with E-state index in [2.05, 4.69) is 21.1 Å². The number of ketones is 1. The number of hydrogen-bond acceptors (Lipinski definition) is 9. The van der Waals surface area contributed by atoms with Gasteiger partial charge in [0.2, 0.25) is 11.8 Å². The molecular formula is C25H32N4O7S. The third kappa shape index (κ3) is 7.88. The lowest BCUT2D eigenvalue weighted by atomic mass is 9.94. The summed E-state index contributed by atoms with van der Waals surface area (Å²) in [6.07, 6.45) is 2.07. The predicted molar refractivity (Wildman–Crippen MR) is 136 cm³/mol. The fourth-order valence-corrected chi connectivity index (χ4v) is 4.20. The zero-order valence-corrected chi connectivity index (χ0v) is 22.1. The molecule has 1 aliphatic rings. The number of thioether (sulfide) groups is 1. The van der Waals surface area contributed by atoms with Gasteiger partial charge in [-0.2, -0.15) is 11.8 Å². The highest BCUT2D eigenvalue weighted by atomic mass is 32.2. The highest BCUT2D eigenvalue weighted by Gasteiger charge is 2.50. The molecule has 1 aromatic heterocycles. The standard InChI is InChI=1S/C25H32N4O7S/c1-15-10-18(29-36-15)22(31)27-19(12-34-3)23(32)28-20(13-37-4)24(33)26-17(21(30)25(2)14-35-25)11-16-8-6-5-7-9-16/h5-10,17,19-20H,11-14H2,1-4H3,(H,26,33)(H,27,31)(H,28,32)/t17-,19-,20+,25+/m0/s1. The van der Waals surface area contributed by atoms with Crippen molar-refractivity contribution in [3.05, 3.63) is 53.4 Å². The molecule has 200 valence electrons. The van der Waals surface area contributed by atoms with Crippen molar-refractivity contribution in [3.8, 4) is 0 Å². The molecule has 1 aromatic carbocycles.